The van der Waals surface area contributed by atoms with Gasteiger partial charge >= 0.3 is 0 Å². The summed E-state index contributed by atoms with van der Waals surface area (Å²) in [5.41, 5.74) is 5.04. The van der Waals surface area contributed by atoms with Gasteiger partial charge < -0.3 is 10.2 Å². The van der Waals surface area contributed by atoms with E-state index in [9.17, 15) is 4.79 Å². The van der Waals surface area contributed by atoms with Gasteiger partial charge in [0, 0.05) is 24.5 Å². The minimum Gasteiger partial charge on any atom is -0.372 e. The van der Waals surface area contributed by atoms with Gasteiger partial charge in [-0.05, 0) is 61.4 Å². The Morgan fingerprint density at radius 3 is 2.50 bits per heavy atom. The number of rotatable bonds is 7. The van der Waals surface area contributed by atoms with E-state index in [0.717, 1.165) is 30.3 Å². The maximum atomic E-state index is 12.3. The van der Waals surface area contributed by atoms with Crippen LogP contribution in [-0.2, 0) is 10.5 Å². The molecule has 0 aromatic heterocycles. The average molecular weight is 397 g/mol. The largest absolute Gasteiger partial charge is 0.372 e. The van der Waals surface area contributed by atoms with Crippen molar-refractivity contribution in [2.75, 3.05) is 23.7 Å². The lowest BCUT2D eigenvalue weighted by Crippen LogP contribution is -2.32. The molecule has 0 bridgehead atoms. The number of piperidine rings is 1. The fourth-order valence-corrected chi connectivity index (χ4v) is 4.55. The van der Waals surface area contributed by atoms with E-state index in [2.05, 4.69) is 79.5 Å². The van der Waals surface area contributed by atoms with E-state index in [1.165, 1.54) is 29.7 Å². The van der Waals surface area contributed by atoms with Crippen LogP contribution in [0, 0.1) is 12.8 Å². The summed E-state index contributed by atoms with van der Waals surface area (Å²) in [5, 5.41) is 3.13. The molecule has 1 N–H and O–H groups in total. The van der Waals surface area contributed by atoms with Crippen LogP contribution in [0.5, 0.6) is 0 Å². The van der Waals surface area contributed by atoms with E-state index in [4.69, 9.17) is 0 Å². The molecule has 4 heteroatoms. The Hall–Kier alpha value is -1.94. The highest BCUT2D eigenvalue weighted by Crippen LogP contribution is 2.24. The van der Waals surface area contributed by atoms with Crippen molar-refractivity contribution in [1.29, 1.82) is 0 Å². The molecule has 3 rings (SSSR count). The van der Waals surface area contributed by atoms with E-state index in [0.29, 0.717) is 5.75 Å². The average Bonchev–Trinajstić information content (AvgIpc) is 2.70. The Morgan fingerprint density at radius 2 is 1.82 bits per heavy atom. The standard InChI is InChI=1S/C24H32N2OS/c1-18-12-14-26(15-13-18)23-10-8-21(9-11-23)20(3)25-24(27)17-28-16-22-7-5-4-6-19(22)2/h4-11,18,20H,12-17H2,1-3H3,(H,25,27)/t20-/m1/s1. The molecule has 0 aliphatic carbocycles. The molecule has 150 valence electrons. The molecule has 1 fully saturated rings. The molecule has 28 heavy (non-hydrogen) atoms. The minimum atomic E-state index is 0.0296. The van der Waals surface area contributed by atoms with Crippen LogP contribution in [-0.4, -0.2) is 24.7 Å². The number of benzene rings is 2. The van der Waals surface area contributed by atoms with Gasteiger partial charge in [-0.1, -0.05) is 43.3 Å². The monoisotopic (exact) mass is 396 g/mol. The molecule has 1 aliphatic heterocycles. The lowest BCUT2D eigenvalue weighted by molar-refractivity contribution is -0.119. The van der Waals surface area contributed by atoms with Gasteiger partial charge in [0.05, 0.1) is 11.8 Å². The second kappa shape index (κ2) is 10.0. The Morgan fingerprint density at radius 1 is 1.14 bits per heavy atom. The summed E-state index contributed by atoms with van der Waals surface area (Å²) in [7, 11) is 0. The Balaban J connectivity index is 1.45. The van der Waals surface area contributed by atoms with Crippen molar-refractivity contribution in [2.45, 2.75) is 45.4 Å². The van der Waals surface area contributed by atoms with Crippen molar-refractivity contribution in [1.82, 2.24) is 5.32 Å². The summed E-state index contributed by atoms with van der Waals surface area (Å²) in [6.07, 6.45) is 2.54. The lowest BCUT2D eigenvalue weighted by atomic mass is 9.98. The first-order valence-corrected chi connectivity index (χ1v) is 11.4. The fraction of sp³-hybridized carbons (Fsp3) is 0.458. The summed E-state index contributed by atoms with van der Waals surface area (Å²) < 4.78 is 0. The molecular formula is C24H32N2OS. The van der Waals surface area contributed by atoms with Crippen LogP contribution in [0.3, 0.4) is 0 Å². The zero-order chi connectivity index (χ0) is 19.9. The molecule has 1 heterocycles. The summed E-state index contributed by atoms with van der Waals surface area (Å²) in [6.45, 7) is 8.80. The molecule has 1 saturated heterocycles. The molecular weight excluding hydrogens is 364 g/mol. The number of nitrogens with zero attached hydrogens (tertiary/aromatic N) is 1. The topological polar surface area (TPSA) is 32.3 Å². The first kappa shape index (κ1) is 20.8. The predicted octanol–water partition coefficient (Wildman–Crippen LogP) is 5.34. The second-order valence-electron chi connectivity index (χ2n) is 7.97. The number of hydrogen-bond donors (Lipinski definition) is 1. The zero-order valence-electron chi connectivity index (χ0n) is 17.3. The van der Waals surface area contributed by atoms with E-state index in [1.807, 2.05) is 0 Å². The molecule has 0 radical (unpaired) electrons. The quantitative estimate of drug-likeness (QED) is 0.685. The molecule has 2 aromatic rings. The maximum absolute atomic E-state index is 12.3. The van der Waals surface area contributed by atoms with Gasteiger partial charge in [0.15, 0.2) is 0 Å². The van der Waals surface area contributed by atoms with Crippen LogP contribution in [0.2, 0.25) is 0 Å². The smallest absolute Gasteiger partial charge is 0.230 e. The van der Waals surface area contributed by atoms with E-state index >= 15 is 0 Å². The van der Waals surface area contributed by atoms with Crippen molar-refractivity contribution in [3.05, 3.63) is 65.2 Å². The van der Waals surface area contributed by atoms with Gasteiger partial charge in [0.2, 0.25) is 5.91 Å². The Labute approximate surface area is 173 Å². The van der Waals surface area contributed by atoms with Gasteiger partial charge in [-0.25, -0.2) is 0 Å². The van der Waals surface area contributed by atoms with E-state index in [1.54, 1.807) is 11.8 Å². The third-order valence-electron chi connectivity index (χ3n) is 5.67. The number of thioether (sulfide) groups is 1. The van der Waals surface area contributed by atoms with Crippen LogP contribution in [0.15, 0.2) is 48.5 Å². The van der Waals surface area contributed by atoms with Gasteiger partial charge in [-0.2, -0.15) is 0 Å². The second-order valence-corrected chi connectivity index (χ2v) is 8.96. The third kappa shape index (κ3) is 5.78. The number of carbonyl (C=O) groups excluding carboxylic acids is 1. The summed E-state index contributed by atoms with van der Waals surface area (Å²) in [4.78, 5) is 14.8. The maximum Gasteiger partial charge on any atom is 0.230 e. The number of aryl methyl sites for hydroxylation is 1. The highest BCUT2D eigenvalue weighted by molar-refractivity contribution is 7.99. The SMILES string of the molecule is Cc1ccccc1CSCC(=O)N[C@H](C)c1ccc(N2CCC(C)CC2)cc1. The van der Waals surface area contributed by atoms with Crippen LogP contribution in [0.1, 0.15) is 49.4 Å². The van der Waals surface area contributed by atoms with Crippen LogP contribution >= 0.6 is 11.8 Å². The van der Waals surface area contributed by atoms with Gasteiger partial charge in [0.1, 0.15) is 0 Å². The highest BCUT2D eigenvalue weighted by atomic mass is 32.2. The third-order valence-corrected chi connectivity index (χ3v) is 6.65. The van der Waals surface area contributed by atoms with Crippen molar-refractivity contribution in [2.24, 2.45) is 5.92 Å². The number of amides is 1. The molecule has 0 unspecified atom stereocenters. The molecule has 1 aliphatic rings. The van der Waals surface area contributed by atoms with Gasteiger partial charge in [-0.3, -0.25) is 4.79 Å². The number of hydrogen-bond acceptors (Lipinski definition) is 3. The predicted molar refractivity (Wildman–Crippen MR) is 121 cm³/mol. The van der Waals surface area contributed by atoms with Crippen LogP contribution in [0.4, 0.5) is 5.69 Å². The van der Waals surface area contributed by atoms with Crippen molar-refractivity contribution in [3.8, 4) is 0 Å². The molecule has 0 saturated carbocycles. The van der Waals surface area contributed by atoms with E-state index in [-0.39, 0.29) is 11.9 Å². The fourth-order valence-electron chi connectivity index (χ4n) is 3.63. The molecule has 1 atom stereocenters. The summed E-state index contributed by atoms with van der Waals surface area (Å²) in [5.74, 6) is 2.30. The first-order valence-electron chi connectivity index (χ1n) is 10.3. The molecule has 0 spiro atoms. The first-order chi connectivity index (χ1) is 13.5. The number of anilines is 1. The summed E-state index contributed by atoms with van der Waals surface area (Å²) in [6, 6.07) is 17.1. The van der Waals surface area contributed by atoms with Gasteiger partial charge in [-0.15, -0.1) is 11.8 Å². The molecule has 2 aromatic carbocycles. The lowest BCUT2D eigenvalue weighted by Gasteiger charge is -2.32. The number of carbonyl (C=O) groups is 1. The molecule has 3 nitrogen and oxygen atoms in total. The van der Waals surface area contributed by atoms with Crippen LogP contribution in [0.25, 0.3) is 0 Å². The highest BCUT2D eigenvalue weighted by Gasteiger charge is 2.16. The summed E-state index contributed by atoms with van der Waals surface area (Å²) >= 11 is 1.67. The Kier molecular flexibility index (Phi) is 7.43. The van der Waals surface area contributed by atoms with Crippen molar-refractivity contribution < 1.29 is 4.79 Å². The Bertz CT molecular complexity index is 766. The van der Waals surface area contributed by atoms with Crippen LogP contribution < -0.4 is 10.2 Å². The van der Waals surface area contributed by atoms with Crippen molar-refractivity contribution >= 4 is 23.4 Å². The van der Waals surface area contributed by atoms with Crippen molar-refractivity contribution in [3.63, 3.8) is 0 Å². The molecule has 1 amide bonds. The minimum absolute atomic E-state index is 0.0296. The number of nitrogens with one attached hydrogen (secondary N) is 1. The van der Waals surface area contributed by atoms with E-state index < -0.39 is 0 Å². The zero-order valence-corrected chi connectivity index (χ0v) is 18.1. The van der Waals surface area contributed by atoms with Gasteiger partial charge in [0.25, 0.3) is 0 Å². The normalized spacial score (nSPS) is 16.0.